The average Bonchev–Trinajstić information content (AvgIpc) is 2.37. The number of rotatable bonds is 11. The molecule has 18 heavy (non-hydrogen) atoms. The Balaban J connectivity index is -0.000000392. The highest BCUT2D eigenvalue weighted by atomic mass is 27.0. The van der Waals surface area contributed by atoms with Gasteiger partial charge in [-0.2, -0.15) is 0 Å². The first-order chi connectivity index (χ1) is 8.33. The summed E-state index contributed by atoms with van der Waals surface area (Å²) in [6, 6.07) is 0. The molecule has 0 aliphatic heterocycles. The lowest BCUT2D eigenvalue weighted by atomic mass is 10.1. The summed E-state index contributed by atoms with van der Waals surface area (Å²) in [6.07, 6.45) is 18.6. The van der Waals surface area contributed by atoms with Crippen LogP contribution in [0.3, 0.4) is 0 Å². The maximum Gasteiger partial charge on any atom is 0.187 e. The van der Waals surface area contributed by atoms with Gasteiger partial charge in [0.25, 0.3) is 0 Å². The second-order valence-electron chi connectivity index (χ2n) is 5.18. The fourth-order valence-electron chi connectivity index (χ4n) is 1.74. The lowest BCUT2D eigenvalue weighted by Gasteiger charge is -2.00. The molecule has 0 radical (unpaired) electrons. The van der Waals surface area contributed by atoms with Crippen molar-refractivity contribution in [3.63, 3.8) is 0 Å². The fraction of sp³-hybridized carbons (Fsp3) is 1.00. The zero-order valence-corrected chi connectivity index (χ0v) is 13.2. The largest absolute Gasteiger partial charge is 0.187 e. The van der Waals surface area contributed by atoms with Crippen LogP contribution in [0, 0.1) is 0 Å². The molecule has 0 spiro atoms. The zero-order chi connectivity index (χ0) is 13.2. The number of hydrogen-bond acceptors (Lipinski definition) is 0. The van der Waals surface area contributed by atoms with E-state index in [1.54, 1.807) is 0 Å². The van der Waals surface area contributed by atoms with E-state index in [1.165, 1.54) is 83.5 Å². The Kier molecular flexibility index (Phi) is 34.3. The van der Waals surface area contributed by atoms with Gasteiger partial charge >= 0.3 is 0 Å². The van der Waals surface area contributed by atoms with E-state index in [0.29, 0.717) is 0 Å². The molecule has 0 nitrogen and oxygen atoms in total. The van der Waals surface area contributed by atoms with Crippen molar-refractivity contribution in [2.24, 2.45) is 0 Å². The number of unbranched alkanes of at least 4 members (excludes halogenated alkanes) is 11. The van der Waals surface area contributed by atoms with Crippen molar-refractivity contribution >= 4 is 17.4 Å². The van der Waals surface area contributed by atoms with Gasteiger partial charge in [0, 0.05) is 0 Å². The van der Waals surface area contributed by atoms with Gasteiger partial charge in [-0.15, -0.1) is 0 Å². The molecule has 0 saturated carbocycles. The molecule has 0 fully saturated rings. The molecule has 0 bridgehead atoms. The first-order valence-electron chi connectivity index (χ1n) is 8.33. The highest BCUT2D eigenvalue weighted by molar-refractivity contribution is 5.75. The summed E-state index contributed by atoms with van der Waals surface area (Å²) >= 11 is 0. The van der Waals surface area contributed by atoms with Gasteiger partial charge in [-0.05, 0) is 0 Å². The first-order valence-corrected chi connectivity index (χ1v) is 8.33. The molecule has 0 aliphatic rings. The van der Waals surface area contributed by atoms with Gasteiger partial charge in [-0.1, -0.05) is 111 Å². The fourth-order valence-corrected chi connectivity index (χ4v) is 1.74. The molecule has 0 aromatic rings. The molecule has 0 atom stereocenters. The normalized spacial score (nSPS) is 9.33. The summed E-state index contributed by atoms with van der Waals surface area (Å²) in [7, 11) is 0. The summed E-state index contributed by atoms with van der Waals surface area (Å²) in [5, 5.41) is 0. The van der Waals surface area contributed by atoms with Crippen LogP contribution in [-0.2, 0) is 0 Å². The maximum absolute atomic E-state index is 2.28. The van der Waals surface area contributed by atoms with Crippen LogP contribution >= 0.6 is 0 Å². The van der Waals surface area contributed by atoms with Crippen LogP contribution in [0.1, 0.15) is 111 Å². The SMILES string of the molecule is CCCC.CCCCCCCCCCCCC.[AlH3]. The first kappa shape index (κ1) is 23.6. The minimum Gasteiger partial charge on any atom is -0.0654 e. The van der Waals surface area contributed by atoms with Gasteiger partial charge in [0.05, 0.1) is 0 Å². The van der Waals surface area contributed by atoms with E-state index >= 15 is 0 Å². The van der Waals surface area contributed by atoms with E-state index in [9.17, 15) is 0 Å². The smallest absolute Gasteiger partial charge is 0.0654 e. The van der Waals surface area contributed by atoms with Gasteiger partial charge in [-0.3, -0.25) is 0 Å². The molecule has 1 heteroatoms. The zero-order valence-electron chi connectivity index (χ0n) is 13.2. The van der Waals surface area contributed by atoms with Crippen LogP contribution in [-0.4, -0.2) is 17.4 Å². The molecule has 0 amide bonds. The minimum absolute atomic E-state index is 0. The van der Waals surface area contributed by atoms with E-state index in [1.807, 2.05) is 0 Å². The predicted molar refractivity (Wildman–Crippen MR) is 92.7 cm³/mol. The topological polar surface area (TPSA) is 0 Å². The standard InChI is InChI=1S/C13H28.C4H10.Al.3H/c1-3-5-7-9-11-13-12-10-8-6-4-2;1-3-4-2;;;;/h3-13H2,1-2H3;3-4H2,1-2H3;;;;. The molecule has 0 saturated heterocycles. The average molecular weight is 272 g/mol. The predicted octanol–water partition coefficient (Wildman–Crippen LogP) is 5.94. The highest BCUT2D eigenvalue weighted by Gasteiger charge is 1.90. The molecule has 0 rings (SSSR count). The lowest BCUT2D eigenvalue weighted by molar-refractivity contribution is 0.554. The Bertz CT molecular complexity index is 89.8. The van der Waals surface area contributed by atoms with Crippen LogP contribution in [0.15, 0.2) is 0 Å². The van der Waals surface area contributed by atoms with Crippen LogP contribution in [0.4, 0.5) is 0 Å². The van der Waals surface area contributed by atoms with E-state index in [4.69, 9.17) is 0 Å². The second-order valence-corrected chi connectivity index (χ2v) is 5.18. The third kappa shape index (κ3) is 30.0. The van der Waals surface area contributed by atoms with Crippen molar-refractivity contribution in [1.82, 2.24) is 0 Å². The van der Waals surface area contributed by atoms with Gasteiger partial charge in [0.1, 0.15) is 0 Å². The van der Waals surface area contributed by atoms with Gasteiger partial charge in [-0.25, -0.2) is 0 Å². The molecule has 112 valence electrons. The van der Waals surface area contributed by atoms with E-state index in [0.717, 1.165) is 0 Å². The minimum atomic E-state index is 0. The summed E-state index contributed by atoms with van der Waals surface area (Å²) < 4.78 is 0. The molecular weight excluding hydrogens is 231 g/mol. The molecular formula is C17H41Al. The Morgan fingerprint density at radius 3 is 0.722 bits per heavy atom. The Labute approximate surface area is 128 Å². The van der Waals surface area contributed by atoms with Crippen LogP contribution in [0.25, 0.3) is 0 Å². The summed E-state index contributed by atoms with van der Waals surface area (Å²) in [6.45, 7) is 8.93. The summed E-state index contributed by atoms with van der Waals surface area (Å²) in [5.74, 6) is 0. The maximum atomic E-state index is 2.28. The van der Waals surface area contributed by atoms with E-state index in [-0.39, 0.29) is 17.4 Å². The molecule has 0 unspecified atom stereocenters. The van der Waals surface area contributed by atoms with Crippen molar-refractivity contribution in [2.45, 2.75) is 111 Å². The Morgan fingerprint density at radius 1 is 0.333 bits per heavy atom. The van der Waals surface area contributed by atoms with E-state index < -0.39 is 0 Å². The summed E-state index contributed by atoms with van der Waals surface area (Å²) in [4.78, 5) is 0. The van der Waals surface area contributed by atoms with Gasteiger partial charge in [0.2, 0.25) is 0 Å². The van der Waals surface area contributed by atoms with Crippen molar-refractivity contribution in [3.05, 3.63) is 0 Å². The van der Waals surface area contributed by atoms with Gasteiger partial charge < -0.3 is 0 Å². The number of hydrogen-bond donors (Lipinski definition) is 0. The monoisotopic (exact) mass is 272 g/mol. The molecule has 0 aromatic heterocycles. The Morgan fingerprint density at radius 2 is 0.556 bits per heavy atom. The second kappa shape index (κ2) is 26.2. The lowest BCUT2D eigenvalue weighted by Crippen LogP contribution is -1.80. The van der Waals surface area contributed by atoms with Crippen LogP contribution < -0.4 is 0 Å². The van der Waals surface area contributed by atoms with E-state index in [2.05, 4.69) is 27.7 Å². The third-order valence-electron chi connectivity index (χ3n) is 3.21. The highest BCUT2D eigenvalue weighted by Crippen LogP contribution is 2.10. The van der Waals surface area contributed by atoms with Crippen molar-refractivity contribution in [3.8, 4) is 0 Å². The summed E-state index contributed by atoms with van der Waals surface area (Å²) in [5.41, 5.74) is 0. The third-order valence-corrected chi connectivity index (χ3v) is 3.21. The Hall–Kier alpha value is 0.532. The quantitative estimate of drug-likeness (QED) is 0.322. The van der Waals surface area contributed by atoms with Crippen LogP contribution in [0.5, 0.6) is 0 Å². The molecule has 0 heterocycles. The molecule has 0 N–H and O–H groups in total. The van der Waals surface area contributed by atoms with Crippen molar-refractivity contribution < 1.29 is 0 Å². The van der Waals surface area contributed by atoms with Crippen LogP contribution in [0.2, 0.25) is 0 Å². The van der Waals surface area contributed by atoms with Crippen molar-refractivity contribution in [2.75, 3.05) is 0 Å². The molecule has 0 aliphatic carbocycles. The van der Waals surface area contributed by atoms with Crippen molar-refractivity contribution in [1.29, 1.82) is 0 Å². The van der Waals surface area contributed by atoms with Gasteiger partial charge in [0.15, 0.2) is 17.4 Å². The molecule has 0 aromatic carbocycles.